The molecule has 1 unspecified atom stereocenters. The van der Waals surface area contributed by atoms with Crippen LogP contribution in [0, 0.1) is 5.92 Å². The average molecular weight is 381 g/mol. The first-order valence-corrected chi connectivity index (χ1v) is 7.95. The number of halogens is 3. The van der Waals surface area contributed by atoms with Gasteiger partial charge in [-0.25, -0.2) is 9.48 Å². The maximum Gasteiger partial charge on any atom is 0.434 e. The van der Waals surface area contributed by atoms with Crippen LogP contribution in [0.25, 0.3) is 5.69 Å². The van der Waals surface area contributed by atoms with E-state index in [0.29, 0.717) is 23.0 Å². The lowest BCUT2D eigenvalue weighted by Gasteiger charge is -2.14. The molecule has 6 nitrogen and oxygen atoms in total. The summed E-state index contributed by atoms with van der Waals surface area (Å²) in [7, 11) is 0. The van der Waals surface area contributed by atoms with E-state index in [1.165, 1.54) is 24.3 Å². The van der Waals surface area contributed by atoms with E-state index in [1.54, 1.807) is 6.92 Å². The van der Waals surface area contributed by atoms with Gasteiger partial charge < -0.3 is 10.4 Å². The second kappa shape index (κ2) is 7.65. The second-order valence-electron chi connectivity index (χ2n) is 6.22. The molecule has 9 heteroatoms. The van der Waals surface area contributed by atoms with Crippen molar-refractivity contribution in [2.45, 2.75) is 26.4 Å². The Morgan fingerprint density at radius 1 is 1.30 bits per heavy atom. The van der Waals surface area contributed by atoms with Crippen molar-refractivity contribution in [1.29, 1.82) is 0 Å². The quantitative estimate of drug-likeness (QED) is 0.737. The minimum absolute atomic E-state index is 0.0165. The molecule has 0 fully saturated rings. The van der Waals surface area contributed by atoms with E-state index in [0.717, 1.165) is 5.57 Å². The van der Waals surface area contributed by atoms with Crippen molar-refractivity contribution in [3.63, 3.8) is 0 Å². The molecule has 1 aromatic heterocycles. The van der Waals surface area contributed by atoms with Gasteiger partial charge in [0.15, 0.2) is 5.69 Å². The highest BCUT2D eigenvalue weighted by Crippen LogP contribution is 2.33. The van der Waals surface area contributed by atoms with Gasteiger partial charge in [-0.15, -0.1) is 6.58 Å². The number of amides is 1. The van der Waals surface area contributed by atoms with Gasteiger partial charge in [0.1, 0.15) is 5.56 Å². The van der Waals surface area contributed by atoms with Gasteiger partial charge in [-0.3, -0.25) is 4.79 Å². The Morgan fingerprint density at radius 2 is 1.89 bits per heavy atom. The SMILES string of the molecule is C=C(C)CC(C)C(=O)Nc1ccc(-n2ncc(C(=O)O)c2C(F)(F)F)cc1. The lowest BCUT2D eigenvalue weighted by atomic mass is 10.0. The maximum absolute atomic E-state index is 13.2. The molecule has 0 radical (unpaired) electrons. The van der Waals surface area contributed by atoms with Gasteiger partial charge in [-0.1, -0.05) is 12.5 Å². The number of hydrogen-bond acceptors (Lipinski definition) is 3. The first kappa shape index (κ1) is 20.2. The molecular formula is C18H18F3N3O3. The Kier molecular flexibility index (Phi) is 5.72. The highest BCUT2D eigenvalue weighted by atomic mass is 19.4. The number of nitrogens with zero attached hydrogens (tertiary/aromatic N) is 2. The summed E-state index contributed by atoms with van der Waals surface area (Å²) in [5, 5.41) is 15.2. The Labute approximate surface area is 153 Å². The van der Waals surface area contributed by atoms with E-state index < -0.39 is 23.4 Å². The highest BCUT2D eigenvalue weighted by Gasteiger charge is 2.40. The van der Waals surface area contributed by atoms with Crippen molar-refractivity contribution in [2.24, 2.45) is 5.92 Å². The van der Waals surface area contributed by atoms with Crippen LogP contribution in [-0.2, 0) is 11.0 Å². The number of carboxylic acid groups (broad SMARTS) is 1. The first-order chi connectivity index (χ1) is 12.5. The van der Waals surface area contributed by atoms with Crippen LogP contribution in [0.2, 0.25) is 0 Å². The summed E-state index contributed by atoms with van der Waals surface area (Å²) in [5.74, 6) is -2.26. The number of benzene rings is 1. The molecule has 2 aromatic rings. The molecule has 0 spiro atoms. The monoisotopic (exact) mass is 381 g/mol. The van der Waals surface area contributed by atoms with Crippen molar-refractivity contribution in [1.82, 2.24) is 9.78 Å². The number of carbonyl (C=O) groups is 2. The van der Waals surface area contributed by atoms with Crippen LogP contribution in [0.5, 0.6) is 0 Å². The number of hydrogen-bond donors (Lipinski definition) is 2. The number of carbonyl (C=O) groups excluding carboxylic acids is 1. The molecule has 144 valence electrons. The summed E-state index contributed by atoms with van der Waals surface area (Å²) in [5.41, 5.74) is -1.03. The maximum atomic E-state index is 13.2. The number of rotatable bonds is 6. The van der Waals surface area contributed by atoms with Crippen molar-refractivity contribution in [3.05, 3.63) is 53.9 Å². The summed E-state index contributed by atoms with van der Waals surface area (Å²) < 4.78 is 40.2. The Morgan fingerprint density at radius 3 is 2.37 bits per heavy atom. The number of aromatic carboxylic acids is 1. The average Bonchev–Trinajstić information content (AvgIpc) is 3.00. The molecule has 1 aromatic carbocycles. The number of carboxylic acids is 1. The fourth-order valence-corrected chi connectivity index (χ4v) is 2.54. The van der Waals surface area contributed by atoms with E-state index in [2.05, 4.69) is 17.0 Å². The standard InChI is InChI=1S/C18H18F3N3O3/c1-10(2)8-11(3)16(25)23-12-4-6-13(7-5-12)24-15(18(19,20)21)14(9-22-24)17(26)27/h4-7,9,11H,1,8H2,2-3H3,(H,23,25)(H,26,27). The molecular weight excluding hydrogens is 363 g/mol. The van der Waals surface area contributed by atoms with Crippen molar-refractivity contribution >= 4 is 17.6 Å². The van der Waals surface area contributed by atoms with E-state index in [-0.39, 0.29) is 17.5 Å². The molecule has 0 saturated heterocycles. The molecule has 0 aliphatic rings. The zero-order valence-corrected chi connectivity index (χ0v) is 14.7. The van der Waals surface area contributed by atoms with Crippen LogP contribution in [0.3, 0.4) is 0 Å². The van der Waals surface area contributed by atoms with Crippen LogP contribution < -0.4 is 5.32 Å². The topological polar surface area (TPSA) is 84.2 Å². The lowest BCUT2D eigenvalue weighted by Crippen LogP contribution is -2.20. The van der Waals surface area contributed by atoms with Crippen LogP contribution >= 0.6 is 0 Å². The van der Waals surface area contributed by atoms with E-state index in [1.807, 2.05) is 6.92 Å². The lowest BCUT2D eigenvalue weighted by molar-refractivity contribution is -0.143. The largest absolute Gasteiger partial charge is 0.478 e. The van der Waals surface area contributed by atoms with Crippen molar-refractivity contribution in [2.75, 3.05) is 5.32 Å². The number of anilines is 1. The van der Waals surface area contributed by atoms with Gasteiger partial charge in [0.05, 0.1) is 11.9 Å². The number of alkyl halides is 3. The molecule has 1 heterocycles. The first-order valence-electron chi connectivity index (χ1n) is 7.95. The van der Waals surface area contributed by atoms with E-state index >= 15 is 0 Å². The zero-order valence-electron chi connectivity index (χ0n) is 14.7. The van der Waals surface area contributed by atoms with Crippen molar-refractivity contribution < 1.29 is 27.9 Å². The molecule has 0 aliphatic carbocycles. The van der Waals surface area contributed by atoms with E-state index in [4.69, 9.17) is 5.11 Å². The van der Waals surface area contributed by atoms with Crippen molar-refractivity contribution in [3.8, 4) is 5.69 Å². The smallest absolute Gasteiger partial charge is 0.434 e. The molecule has 0 saturated carbocycles. The summed E-state index contributed by atoms with van der Waals surface area (Å²) in [6.45, 7) is 7.30. The third-order valence-corrected chi connectivity index (χ3v) is 3.75. The Balaban J connectivity index is 2.27. The summed E-state index contributed by atoms with van der Waals surface area (Å²) in [4.78, 5) is 23.1. The van der Waals surface area contributed by atoms with Crippen LogP contribution in [0.4, 0.5) is 18.9 Å². The van der Waals surface area contributed by atoms with Gasteiger partial charge in [0.2, 0.25) is 5.91 Å². The summed E-state index contributed by atoms with van der Waals surface area (Å²) in [6.07, 6.45) is -3.72. The normalized spacial score (nSPS) is 12.5. The van der Waals surface area contributed by atoms with Crippen LogP contribution in [0.1, 0.15) is 36.3 Å². The van der Waals surface area contributed by atoms with E-state index in [9.17, 15) is 22.8 Å². The minimum Gasteiger partial charge on any atom is -0.478 e. The van der Waals surface area contributed by atoms with Gasteiger partial charge in [-0.05, 0) is 37.6 Å². The second-order valence-corrected chi connectivity index (χ2v) is 6.22. The van der Waals surface area contributed by atoms with Crippen LogP contribution in [0.15, 0.2) is 42.6 Å². The molecule has 0 aliphatic heterocycles. The predicted octanol–water partition coefficient (Wildman–Crippen LogP) is 4.13. The van der Waals surface area contributed by atoms with Gasteiger partial charge >= 0.3 is 12.1 Å². The minimum atomic E-state index is -4.89. The van der Waals surface area contributed by atoms with Gasteiger partial charge in [0, 0.05) is 11.6 Å². The molecule has 0 bridgehead atoms. The fraction of sp³-hybridized carbons (Fsp3) is 0.278. The fourth-order valence-electron chi connectivity index (χ4n) is 2.54. The molecule has 2 N–H and O–H groups in total. The Bertz CT molecular complexity index is 870. The zero-order chi connectivity index (χ0) is 20.4. The third kappa shape index (κ3) is 4.75. The highest BCUT2D eigenvalue weighted by molar-refractivity contribution is 5.92. The molecule has 1 amide bonds. The molecule has 1 atom stereocenters. The number of aromatic nitrogens is 2. The van der Waals surface area contributed by atoms with Gasteiger partial charge in [-0.2, -0.15) is 18.3 Å². The van der Waals surface area contributed by atoms with Gasteiger partial charge in [0.25, 0.3) is 0 Å². The Hall–Kier alpha value is -3.10. The number of allylic oxidation sites excluding steroid dienone is 1. The summed E-state index contributed by atoms with van der Waals surface area (Å²) >= 11 is 0. The molecule has 27 heavy (non-hydrogen) atoms. The third-order valence-electron chi connectivity index (χ3n) is 3.75. The van der Waals surface area contributed by atoms with Crippen LogP contribution in [-0.4, -0.2) is 26.8 Å². The predicted molar refractivity (Wildman–Crippen MR) is 92.8 cm³/mol. The number of nitrogens with one attached hydrogen (secondary N) is 1. The molecule has 2 rings (SSSR count). The summed E-state index contributed by atoms with van der Waals surface area (Å²) in [6, 6.07) is 5.46.